The summed E-state index contributed by atoms with van der Waals surface area (Å²) in [6.45, 7) is -1.40. The molecule has 1 unspecified atom stereocenters. The van der Waals surface area contributed by atoms with Gasteiger partial charge in [0.1, 0.15) is 5.82 Å². The Balaban J connectivity index is 1.42. The van der Waals surface area contributed by atoms with Crippen molar-refractivity contribution in [1.82, 2.24) is 4.98 Å². The number of hydrogen-bond donors (Lipinski definition) is 1. The number of hydrogen-bond acceptors (Lipinski definition) is 6. The third-order valence-corrected chi connectivity index (χ3v) is 8.64. The number of aromatic nitrogens is 1. The highest BCUT2D eigenvalue weighted by Crippen LogP contribution is 2.37. The molecular weight excluding hydrogens is 569 g/mol. The van der Waals surface area contributed by atoms with E-state index >= 15 is 0 Å². The van der Waals surface area contributed by atoms with Crippen molar-refractivity contribution in [2.75, 3.05) is 29.1 Å². The molecule has 2 atom stereocenters. The van der Waals surface area contributed by atoms with Crippen molar-refractivity contribution in [3.8, 4) is 0 Å². The molecule has 4 rings (SSSR count). The van der Waals surface area contributed by atoms with Crippen molar-refractivity contribution in [2.24, 2.45) is 0 Å². The molecule has 1 saturated heterocycles. The van der Waals surface area contributed by atoms with Gasteiger partial charge in [-0.3, -0.25) is 4.79 Å². The molecule has 1 N–H and O–H groups in total. The van der Waals surface area contributed by atoms with Crippen LogP contribution >= 0.6 is 0 Å². The van der Waals surface area contributed by atoms with Crippen LogP contribution in [0.15, 0.2) is 71.8 Å². The Morgan fingerprint density at radius 2 is 1.76 bits per heavy atom. The van der Waals surface area contributed by atoms with Gasteiger partial charge in [0.2, 0.25) is 5.91 Å². The van der Waals surface area contributed by atoms with Crippen LogP contribution in [0.2, 0.25) is 0 Å². The Hall–Kier alpha value is -3.58. The summed E-state index contributed by atoms with van der Waals surface area (Å²) in [5.74, 6) is -0.169. The van der Waals surface area contributed by atoms with Crippen LogP contribution in [0, 0.1) is 0 Å². The number of carbonyl (C=O) groups is 1. The van der Waals surface area contributed by atoms with E-state index in [-0.39, 0.29) is 35.5 Å². The van der Waals surface area contributed by atoms with Crippen LogP contribution in [0.5, 0.6) is 0 Å². The number of amides is 1. The van der Waals surface area contributed by atoms with Gasteiger partial charge in [-0.2, -0.15) is 22.0 Å². The van der Waals surface area contributed by atoms with Crippen LogP contribution in [0.1, 0.15) is 36.0 Å². The molecule has 0 spiro atoms. The molecule has 7 nitrogen and oxygen atoms in total. The highest BCUT2D eigenvalue weighted by atomic mass is 32.2. The number of nitrogens with zero attached hydrogens (tertiary/aromatic N) is 2. The van der Waals surface area contributed by atoms with Crippen LogP contribution in [0.4, 0.5) is 33.5 Å². The lowest BCUT2D eigenvalue weighted by molar-refractivity contribution is -0.137. The maximum absolute atomic E-state index is 13.0. The molecule has 1 fully saturated rings. The molecule has 0 radical (unpaired) electrons. The van der Waals surface area contributed by atoms with E-state index in [0.29, 0.717) is 35.6 Å². The highest BCUT2D eigenvalue weighted by molar-refractivity contribution is 7.91. The average Bonchev–Trinajstić information content (AvgIpc) is 3.36. The number of carbonyl (C=O) groups excluding carboxylic acids is 1. The van der Waals surface area contributed by atoms with Gasteiger partial charge in [-0.05, 0) is 53.9 Å². The minimum atomic E-state index is -4.46. The molecule has 13 heteroatoms. The maximum Gasteiger partial charge on any atom is 0.416 e. The zero-order valence-corrected chi connectivity index (χ0v) is 22.8. The smallest absolute Gasteiger partial charge is 0.351 e. The summed E-state index contributed by atoms with van der Waals surface area (Å²) in [7, 11) is -3.34. The van der Waals surface area contributed by atoms with Gasteiger partial charge in [-0.15, -0.1) is 0 Å². The van der Waals surface area contributed by atoms with Gasteiger partial charge in [0, 0.05) is 12.5 Å². The maximum atomic E-state index is 13.0. The number of anilines is 2. The highest BCUT2D eigenvalue weighted by Gasteiger charge is 2.35. The average molecular weight is 598 g/mol. The number of ether oxygens (including phenoxy) is 1. The van der Waals surface area contributed by atoms with Crippen LogP contribution in [-0.4, -0.2) is 50.9 Å². The first-order chi connectivity index (χ1) is 19.4. The lowest BCUT2D eigenvalue weighted by Gasteiger charge is -2.25. The zero-order chi connectivity index (χ0) is 29.8. The van der Waals surface area contributed by atoms with Crippen molar-refractivity contribution in [1.29, 1.82) is 0 Å². The van der Waals surface area contributed by atoms with Crippen molar-refractivity contribution >= 4 is 27.2 Å². The van der Waals surface area contributed by atoms with Crippen molar-refractivity contribution < 1.29 is 39.9 Å². The van der Waals surface area contributed by atoms with Crippen LogP contribution in [0.25, 0.3) is 0 Å². The molecule has 41 heavy (non-hydrogen) atoms. The molecular formula is C28H28F5N3O4S. The van der Waals surface area contributed by atoms with Crippen molar-refractivity contribution in [3.05, 3.63) is 83.6 Å². The number of rotatable bonds is 10. The third-order valence-electron chi connectivity index (χ3n) is 6.89. The standard InChI is InChI=1S/C28H28F5N3O4S/c1-2-41(38,39)24-10-3-18(4-11-24)13-26(37)35-22-9-12-25(34-15-22)36-16-20(14-23(36)17-40-27(29)30)19-5-7-21(8-6-19)28(31,32)33/h3-12,15,20,23,27H,2,13-14,16-17H2,1H3,(H,35,37)/t20?,23-/m0/s1. The molecule has 1 aliphatic heterocycles. The van der Waals surface area contributed by atoms with E-state index in [1.807, 2.05) is 0 Å². The molecule has 0 saturated carbocycles. The molecule has 0 bridgehead atoms. The predicted molar refractivity (Wildman–Crippen MR) is 143 cm³/mol. The first-order valence-corrected chi connectivity index (χ1v) is 14.4. The molecule has 2 aromatic carbocycles. The van der Waals surface area contributed by atoms with Gasteiger partial charge < -0.3 is 15.0 Å². The van der Waals surface area contributed by atoms with Crippen LogP contribution in [-0.2, 0) is 32.0 Å². The van der Waals surface area contributed by atoms with Crippen LogP contribution < -0.4 is 10.2 Å². The number of nitrogens with one attached hydrogen (secondary N) is 1. The first-order valence-electron chi connectivity index (χ1n) is 12.8. The lowest BCUT2D eigenvalue weighted by Crippen LogP contribution is -2.34. The minimum absolute atomic E-state index is 0.00216. The Morgan fingerprint density at radius 1 is 1.07 bits per heavy atom. The molecule has 0 aliphatic carbocycles. The Bertz CT molecular complexity index is 1430. The van der Waals surface area contributed by atoms with Gasteiger partial charge in [0.05, 0.1) is 47.2 Å². The normalized spacial score (nSPS) is 17.7. The monoisotopic (exact) mass is 597 g/mol. The largest absolute Gasteiger partial charge is 0.416 e. The van der Waals surface area contributed by atoms with Gasteiger partial charge >= 0.3 is 12.8 Å². The van der Waals surface area contributed by atoms with E-state index in [9.17, 15) is 35.2 Å². The van der Waals surface area contributed by atoms with Crippen molar-refractivity contribution in [3.63, 3.8) is 0 Å². The Labute approximate surface area is 234 Å². The van der Waals surface area contributed by atoms with E-state index < -0.39 is 34.2 Å². The summed E-state index contributed by atoms with van der Waals surface area (Å²) >= 11 is 0. The van der Waals surface area contributed by atoms with Gasteiger partial charge in [-0.25, -0.2) is 13.4 Å². The number of halogens is 5. The summed E-state index contributed by atoms with van der Waals surface area (Å²) in [5.41, 5.74) is 0.888. The quantitative estimate of drug-likeness (QED) is 0.303. The Morgan fingerprint density at radius 3 is 2.32 bits per heavy atom. The van der Waals surface area contributed by atoms with Gasteiger partial charge in [0.15, 0.2) is 9.84 Å². The number of pyridine rings is 1. The second kappa shape index (κ2) is 12.5. The summed E-state index contributed by atoms with van der Waals surface area (Å²) in [4.78, 5) is 18.8. The van der Waals surface area contributed by atoms with E-state index in [1.165, 1.54) is 30.5 Å². The fourth-order valence-corrected chi connectivity index (χ4v) is 5.61. The SMILES string of the molecule is CCS(=O)(=O)c1ccc(CC(=O)Nc2ccc(N3CC(c4ccc(C(F)(F)F)cc4)C[C@H]3COC(F)F)nc2)cc1. The van der Waals surface area contributed by atoms with Gasteiger partial charge in [0.25, 0.3) is 0 Å². The fraction of sp³-hybridized carbons (Fsp3) is 0.357. The Kier molecular flexibility index (Phi) is 9.27. The van der Waals surface area contributed by atoms with E-state index in [4.69, 9.17) is 0 Å². The van der Waals surface area contributed by atoms with E-state index in [2.05, 4.69) is 15.0 Å². The third kappa shape index (κ3) is 7.79. The topological polar surface area (TPSA) is 88.6 Å². The fourth-order valence-electron chi connectivity index (χ4n) is 4.73. The molecule has 1 aromatic heterocycles. The number of alkyl halides is 5. The summed E-state index contributed by atoms with van der Waals surface area (Å²) < 4.78 is 92.9. The summed E-state index contributed by atoms with van der Waals surface area (Å²) in [5, 5.41) is 2.71. The number of sulfone groups is 1. The molecule has 2 heterocycles. The van der Waals surface area contributed by atoms with Crippen LogP contribution in [0.3, 0.4) is 0 Å². The number of benzene rings is 2. The molecule has 1 amide bonds. The second-order valence-electron chi connectivity index (χ2n) is 9.63. The zero-order valence-electron chi connectivity index (χ0n) is 21.9. The molecule has 1 aliphatic rings. The predicted octanol–water partition coefficient (Wildman–Crippen LogP) is 5.68. The summed E-state index contributed by atoms with van der Waals surface area (Å²) in [6.07, 6.45) is -2.67. The minimum Gasteiger partial charge on any atom is -0.351 e. The van der Waals surface area contributed by atoms with E-state index in [0.717, 1.165) is 12.1 Å². The van der Waals surface area contributed by atoms with Crippen molar-refractivity contribution in [2.45, 2.75) is 49.4 Å². The summed E-state index contributed by atoms with van der Waals surface area (Å²) in [6, 6.07) is 13.6. The lowest BCUT2D eigenvalue weighted by atomic mass is 9.95. The van der Waals surface area contributed by atoms with Gasteiger partial charge in [-0.1, -0.05) is 31.2 Å². The first kappa shape index (κ1) is 30.4. The van der Waals surface area contributed by atoms with E-state index in [1.54, 1.807) is 36.1 Å². The second-order valence-corrected chi connectivity index (χ2v) is 11.9. The molecule has 220 valence electrons. The molecule has 3 aromatic rings.